The fraction of sp³-hybridized carbons (Fsp3) is 0.481. The summed E-state index contributed by atoms with van der Waals surface area (Å²) in [5.74, 6) is 0.156. The number of benzene rings is 2. The maximum atomic E-state index is 13.0. The first kappa shape index (κ1) is 24.0. The standard InChI is InChI=1S/C27H37N3O2/c1-4-17-30(20-25(31)28-26-21(5-2)13-10-14-22(26)6-3)24-15-18-29(19-16-24)27(32)23-11-8-7-9-12-23/h7-14,24H,4-6,15-20H2,1-3H3,(H,28,31). The Balaban J connectivity index is 1.60. The van der Waals surface area contributed by atoms with E-state index in [9.17, 15) is 9.59 Å². The molecule has 0 atom stereocenters. The minimum absolute atomic E-state index is 0.0526. The van der Waals surface area contributed by atoms with Gasteiger partial charge in [0.25, 0.3) is 5.91 Å². The first-order chi connectivity index (χ1) is 15.6. The topological polar surface area (TPSA) is 52.7 Å². The Bertz CT molecular complexity index is 867. The third kappa shape index (κ3) is 5.98. The lowest BCUT2D eigenvalue weighted by molar-refractivity contribution is -0.118. The zero-order valence-corrected chi connectivity index (χ0v) is 19.8. The highest BCUT2D eigenvalue weighted by atomic mass is 16.2. The second kappa shape index (κ2) is 11.8. The summed E-state index contributed by atoms with van der Waals surface area (Å²) in [5, 5.41) is 3.21. The van der Waals surface area contributed by atoms with E-state index in [4.69, 9.17) is 0 Å². The summed E-state index contributed by atoms with van der Waals surface area (Å²) >= 11 is 0. The number of nitrogens with zero attached hydrogens (tertiary/aromatic N) is 2. The minimum Gasteiger partial charge on any atom is -0.339 e. The van der Waals surface area contributed by atoms with Crippen molar-refractivity contribution in [2.45, 2.75) is 58.9 Å². The highest BCUT2D eigenvalue weighted by Gasteiger charge is 2.28. The third-order valence-corrected chi connectivity index (χ3v) is 6.41. The lowest BCUT2D eigenvalue weighted by Crippen LogP contribution is -2.49. The highest BCUT2D eigenvalue weighted by Crippen LogP contribution is 2.23. The van der Waals surface area contributed by atoms with Crippen LogP contribution in [0.1, 0.15) is 61.5 Å². The number of amides is 2. The van der Waals surface area contributed by atoms with Crippen LogP contribution in [0, 0.1) is 0 Å². The molecule has 1 saturated heterocycles. The smallest absolute Gasteiger partial charge is 0.253 e. The summed E-state index contributed by atoms with van der Waals surface area (Å²) < 4.78 is 0. The van der Waals surface area contributed by atoms with Gasteiger partial charge in [0.2, 0.25) is 5.91 Å². The van der Waals surface area contributed by atoms with Crippen molar-refractivity contribution in [1.82, 2.24) is 9.80 Å². The van der Waals surface area contributed by atoms with Gasteiger partial charge in [-0.25, -0.2) is 0 Å². The normalized spacial score (nSPS) is 14.6. The van der Waals surface area contributed by atoms with E-state index in [1.807, 2.05) is 35.2 Å². The van der Waals surface area contributed by atoms with Crippen LogP contribution in [-0.2, 0) is 17.6 Å². The summed E-state index contributed by atoms with van der Waals surface area (Å²) in [6.45, 7) is 9.15. The van der Waals surface area contributed by atoms with Crippen molar-refractivity contribution in [2.75, 3.05) is 31.5 Å². The molecule has 2 amide bonds. The zero-order chi connectivity index (χ0) is 22.9. The molecule has 0 aliphatic carbocycles. The van der Waals surface area contributed by atoms with Crippen molar-refractivity contribution in [2.24, 2.45) is 0 Å². The molecule has 2 aromatic rings. The molecule has 1 aliphatic rings. The van der Waals surface area contributed by atoms with Gasteiger partial charge in [-0.3, -0.25) is 14.5 Å². The molecule has 0 saturated carbocycles. The van der Waals surface area contributed by atoms with E-state index < -0.39 is 0 Å². The number of nitrogens with one attached hydrogen (secondary N) is 1. The monoisotopic (exact) mass is 435 g/mol. The van der Waals surface area contributed by atoms with Crippen LogP contribution >= 0.6 is 0 Å². The maximum Gasteiger partial charge on any atom is 0.253 e. The van der Waals surface area contributed by atoms with Crippen molar-refractivity contribution in [3.63, 3.8) is 0 Å². The van der Waals surface area contributed by atoms with Crippen molar-refractivity contribution in [1.29, 1.82) is 0 Å². The molecular weight excluding hydrogens is 398 g/mol. The average Bonchev–Trinajstić information content (AvgIpc) is 2.84. The number of likely N-dealkylation sites (tertiary alicyclic amines) is 1. The molecule has 3 rings (SSSR count). The average molecular weight is 436 g/mol. The number of aryl methyl sites for hydroxylation is 2. The minimum atomic E-state index is 0.0526. The lowest BCUT2D eigenvalue weighted by Gasteiger charge is -2.38. The molecule has 0 radical (unpaired) electrons. The molecule has 1 N–H and O–H groups in total. The van der Waals surface area contributed by atoms with E-state index in [1.165, 1.54) is 11.1 Å². The number of hydrogen-bond donors (Lipinski definition) is 1. The second-order valence-electron chi connectivity index (χ2n) is 8.57. The van der Waals surface area contributed by atoms with Crippen LogP contribution in [0.5, 0.6) is 0 Å². The predicted octanol–water partition coefficient (Wildman–Crippen LogP) is 4.77. The van der Waals surface area contributed by atoms with Crippen LogP contribution in [0.15, 0.2) is 48.5 Å². The van der Waals surface area contributed by atoms with Gasteiger partial charge in [-0.1, -0.05) is 57.2 Å². The highest BCUT2D eigenvalue weighted by molar-refractivity contribution is 5.94. The number of carbonyl (C=O) groups is 2. The Morgan fingerprint density at radius 1 is 0.938 bits per heavy atom. The van der Waals surface area contributed by atoms with Gasteiger partial charge in [-0.2, -0.15) is 0 Å². The van der Waals surface area contributed by atoms with Crippen LogP contribution in [-0.4, -0.2) is 53.8 Å². The zero-order valence-electron chi connectivity index (χ0n) is 19.8. The molecule has 0 bridgehead atoms. The lowest BCUT2D eigenvalue weighted by atomic mass is 10.0. The first-order valence-electron chi connectivity index (χ1n) is 12.1. The molecular formula is C27H37N3O2. The van der Waals surface area contributed by atoms with Crippen molar-refractivity contribution in [3.8, 4) is 0 Å². The van der Waals surface area contributed by atoms with E-state index >= 15 is 0 Å². The maximum absolute atomic E-state index is 13.0. The number of para-hydroxylation sites is 1. The summed E-state index contributed by atoms with van der Waals surface area (Å²) in [6, 6.07) is 16.1. The van der Waals surface area contributed by atoms with Gasteiger partial charge in [-0.15, -0.1) is 0 Å². The van der Waals surface area contributed by atoms with E-state index in [2.05, 4.69) is 49.2 Å². The molecule has 5 nitrogen and oxygen atoms in total. The Labute approximate surface area is 192 Å². The van der Waals surface area contributed by atoms with Crippen molar-refractivity contribution >= 4 is 17.5 Å². The molecule has 5 heteroatoms. The second-order valence-corrected chi connectivity index (χ2v) is 8.57. The van der Waals surface area contributed by atoms with Gasteiger partial charge in [0.15, 0.2) is 0 Å². The van der Waals surface area contributed by atoms with E-state index in [0.29, 0.717) is 12.6 Å². The van der Waals surface area contributed by atoms with Crippen LogP contribution in [0.2, 0.25) is 0 Å². The Kier molecular flexibility index (Phi) is 8.86. The number of rotatable bonds is 9. The van der Waals surface area contributed by atoms with Gasteiger partial charge < -0.3 is 10.2 Å². The number of piperidine rings is 1. The Morgan fingerprint density at radius 2 is 1.56 bits per heavy atom. The fourth-order valence-corrected chi connectivity index (χ4v) is 4.64. The van der Waals surface area contributed by atoms with Crippen LogP contribution < -0.4 is 5.32 Å². The number of carbonyl (C=O) groups excluding carboxylic acids is 2. The number of hydrogen-bond acceptors (Lipinski definition) is 3. The molecule has 1 fully saturated rings. The van der Waals surface area contributed by atoms with Gasteiger partial charge in [-0.05, 0) is 61.9 Å². The van der Waals surface area contributed by atoms with Gasteiger partial charge in [0.1, 0.15) is 0 Å². The van der Waals surface area contributed by atoms with Gasteiger partial charge in [0.05, 0.1) is 6.54 Å². The van der Waals surface area contributed by atoms with Gasteiger partial charge in [0, 0.05) is 30.4 Å². The fourth-order valence-electron chi connectivity index (χ4n) is 4.64. The first-order valence-corrected chi connectivity index (χ1v) is 12.1. The molecule has 172 valence electrons. The molecule has 1 aliphatic heterocycles. The predicted molar refractivity (Wildman–Crippen MR) is 131 cm³/mol. The molecule has 0 spiro atoms. The summed E-state index contributed by atoms with van der Waals surface area (Å²) in [6.07, 6.45) is 4.60. The molecule has 32 heavy (non-hydrogen) atoms. The summed E-state index contributed by atoms with van der Waals surface area (Å²) in [5.41, 5.74) is 4.11. The summed E-state index contributed by atoms with van der Waals surface area (Å²) in [7, 11) is 0. The van der Waals surface area contributed by atoms with E-state index in [0.717, 1.165) is 63.0 Å². The Hall–Kier alpha value is -2.66. The molecule has 0 aromatic heterocycles. The summed E-state index contributed by atoms with van der Waals surface area (Å²) in [4.78, 5) is 30.0. The van der Waals surface area contributed by atoms with Gasteiger partial charge >= 0.3 is 0 Å². The largest absolute Gasteiger partial charge is 0.339 e. The van der Waals surface area contributed by atoms with Crippen LogP contribution in [0.4, 0.5) is 5.69 Å². The molecule has 0 unspecified atom stereocenters. The van der Waals surface area contributed by atoms with Crippen molar-refractivity contribution in [3.05, 3.63) is 65.2 Å². The molecule has 1 heterocycles. The number of anilines is 1. The van der Waals surface area contributed by atoms with E-state index in [1.54, 1.807) is 0 Å². The van der Waals surface area contributed by atoms with Crippen molar-refractivity contribution < 1.29 is 9.59 Å². The third-order valence-electron chi connectivity index (χ3n) is 6.41. The molecule has 2 aromatic carbocycles. The SMILES string of the molecule is CCCN(CC(=O)Nc1c(CC)cccc1CC)C1CCN(C(=O)c2ccccc2)CC1. The van der Waals surface area contributed by atoms with Crippen LogP contribution in [0.25, 0.3) is 0 Å². The Morgan fingerprint density at radius 3 is 2.12 bits per heavy atom. The van der Waals surface area contributed by atoms with E-state index in [-0.39, 0.29) is 11.8 Å². The van der Waals surface area contributed by atoms with Crippen LogP contribution in [0.3, 0.4) is 0 Å². The quantitative estimate of drug-likeness (QED) is 0.617.